The molecule has 0 saturated heterocycles. The minimum absolute atomic E-state index is 0.0259. The molecule has 118 valence electrons. The van der Waals surface area contributed by atoms with Crippen molar-refractivity contribution >= 4 is 50.3 Å². The van der Waals surface area contributed by atoms with Crippen molar-refractivity contribution in [2.24, 2.45) is 5.92 Å². The maximum absolute atomic E-state index is 11.8. The lowest BCUT2D eigenvalue weighted by Gasteiger charge is -2.11. The second kappa shape index (κ2) is 7.33. The van der Waals surface area contributed by atoms with Crippen molar-refractivity contribution in [1.29, 1.82) is 0 Å². The van der Waals surface area contributed by atoms with Gasteiger partial charge in [-0.3, -0.25) is 4.79 Å². The highest BCUT2D eigenvalue weighted by Crippen LogP contribution is 2.31. The average Bonchev–Trinajstić information content (AvgIpc) is 2.31. The topological polar surface area (TPSA) is 89.3 Å². The maximum Gasteiger partial charge on any atom is 0.239 e. The van der Waals surface area contributed by atoms with Gasteiger partial charge in [0.15, 0.2) is 9.84 Å². The highest BCUT2D eigenvalue weighted by atomic mass is 35.5. The minimum atomic E-state index is -3.45. The molecule has 1 rings (SSSR count). The van der Waals surface area contributed by atoms with Crippen molar-refractivity contribution in [3.63, 3.8) is 0 Å². The summed E-state index contributed by atoms with van der Waals surface area (Å²) in [4.78, 5) is 11.8. The summed E-state index contributed by atoms with van der Waals surface area (Å²) in [7, 11) is -3.45. The molecule has 0 fully saturated rings. The fraction of sp³-hybridized carbons (Fsp3) is 0.462. The van der Waals surface area contributed by atoms with Gasteiger partial charge in [0.2, 0.25) is 5.91 Å². The second-order valence-electron chi connectivity index (χ2n) is 5.17. The van der Waals surface area contributed by atoms with Crippen molar-refractivity contribution in [3.8, 4) is 0 Å². The SMILES string of the molecule is CC(C)CCS(=O)(=O)CC(=O)Nc1c(N)cc(Cl)cc1Cl. The van der Waals surface area contributed by atoms with E-state index in [1.54, 1.807) is 0 Å². The van der Waals surface area contributed by atoms with Gasteiger partial charge in [-0.25, -0.2) is 8.42 Å². The number of amides is 1. The summed E-state index contributed by atoms with van der Waals surface area (Å²) in [6, 6.07) is 2.85. The number of halogens is 2. The second-order valence-corrected chi connectivity index (χ2v) is 8.20. The van der Waals surface area contributed by atoms with Crippen LogP contribution >= 0.6 is 23.2 Å². The van der Waals surface area contributed by atoms with Crippen molar-refractivity contribution in [3.05, 3.63) is 22.2 Å². The summed E-state index contributed by atoms with van der Waals surface area (Å²) in [5.74, 6) is -1.04. The molecular formula is C13H18Cl2N2O3S. The zero-order valence-electron chi connectivity index (χ0n) is 11.8. The Kier molecular flexibility index (Phi) is 6.31. The number of nitrogens with one attached hydrogen (secondary N) is 1. The number of anilines is 2. The zero-order chi connectivity index (χ0) is 16.2. The first-order valence-corrected chi connectivity index (χ1v) is 8.93. The Balaban J connectivity index is 2.75. The van der Waals surface area contributed by atoms with Crippen LogP contribution in [0.25, 0.3) is 0 Å². The molecule has 0 aliphatic carbocycles. The molecule has 3 N–H and O–H groups in total. The lowest BCUT2D eigenvalue weighted by molar-refractivity contribution is -0.113. The van der Waals surface area contributed by atoms with E-state index in [4.69, 9.17) is 28.9 Å². The molecule has 1 aromatic rings. The summed E-state index contributed by atoms with van der Waals surface area (Å²) in [5.41, 5.74) is 6.05. The predicted octanol–water partition coefficient (Wildman–Crippen LogP) is 2.98. The van der Waals surface area contributed by atoms with Gasteiger partial charge in [0.05, 0.1) is 22.2 Å². The molecule has 0 aliphatic heterocycles. The number of carbonyl (C=O) groups is 1. The normalized spacial score (nSPS) is 11.7. The van der Waals surface area contributed by atoms with Gasteiger partial charge in [-0.2, -0.15) is 0 Å². The molecule has 0 radical (unpaired) electrons. The highest BCUT2D eigenvalue weighted by Gasteiger charge is 2.19. The highest BCUT2D eigenvalue weighted by molar-refractivity contribution is 7.92. The number of nitrogens with two attached hydrogens (primary N) is 1. The molecule has 0 atom stereocenters. The van der Waals surface area contributed by atoms with Crippen LogP contribution in [0.1, 0.15) is 20.3 Å². The van der Waals surface area contributed by atoms with Crippen LogP contribution in [0.3, 0.4) is 0 Å². The van der Waals surface area contributed by atoms with Crippen LogP contribution < -0.4 is 11.1 Å². The third-order valence-corrected chi connectivity index (χ3v) is 4.78. The van der Waals surface area contributed by atoms with E-state index in [1.165, 1.54) is 12.1 Å². The van der Waals surface area contributed by atoms with Crippen molar-refractivity contribution < 1.29 is 13.2 Å². The van der Waals surface area contributed by atoms with E-state index >= 15 is 0 Å². The number of nitrogen functional groups attached to an aromatic ring is 1. The van der Waals surface area contributed by atoms with E-state index in [-0.39, 0.29) is 28.1 Å². The van der Waals surface area contributed by atoms with Crippen molar-refractivity contribution in [1.82, 2.24) is 0 Å². The number of sulfone groups is 1. The Labute approximate surface area is 134 Å². The summed E-state index contributed by atoms with van der Waals surface area (Å²) in [6.45, 7) is 3.84. The molecule has 1 amide bonds. The first-order chi connectivity index (χ1) is 9.60. The van der Waals surface area contributed by atoms with Gasteiger partial charge < -0.3 is 11.1 Å². The summed E-state index contributed by atoms with van der Waals surface area (Å²) >= 11 is 11.7. The standard InChI is InChI=1S/C13H18Cl2N2O3S/c1-8(2)3-4-21(19,20)7-12(18)17-13-10(15)5-9(14)6-11(13)16/h5-6,8H,3-4,7,16H2,1-2H3,(H,17,18). The molecule has 0 spiro atoms. The van der Waals surface area contributed by atoms with E-state index in [9.17, 15) is 13.2 Å². The van der Waals surface area contributed by atoms with E-state index in [0.29, 0.717) is 11.4 Å². The van der Waals surface area contributed by atoms with Crippen LogP contribution in [0, 0.1) is 5.92 Å². The third kappa shape index (κ3) is 6.11. The number of hydrogen-bond acceptors (Lipinski definition) is 4. The Morgan fingerprint density at radius 3 is 2.48 bits per heavy atom. The average molecular weight is 353 g/mol. The molecule has 0 unspecified atom stereocenters. The lowest BCUT2D eigenvalue weighted by Crippen LogP contribution is -2.25. The van der Waals surface area contributed by atoms with Gasteiger partial charge in [-0.1, -0.05) is 37.0 Å². The Morgan fingerprint density at radius 1 is 1.33 bits per heavy atom. The predicted molar refractivity (Wildman–Crippen MR) is 87.6 cm³/mol. The third-order valence-electron chi connectivity index (χ3n) is 2.71. The molecule has 0 aliphatic rings. The van der Waals surface area contributed by atoms with Gasteiger partial charge in [0, 0.05) is 5.02 Å². The Hall–Kier alpha value is -0.980. The van der Waals surface area contributed by atoms with Crippen LogP contribution in [0.5, 0.6) is 0 Å². The van der Waals surface area contributed by atoms with E-state index in [0.717, 1.165) is 0 Å². The summed E-state index contributed by atoms with van der Waals surface area (Å²) < 4.78 is 23.6. The maximum atomic E-state index is 11.8. The fourth-order valence-electron chi connectivity index (χ4n) is 1.59. The molecule has 0 bridgehead atoms. The number of carbonyl (C=O) groups excluding carboxylic acids is 1. The van der Waals surface area contributed by atoms with Crippen LogP contribution in [0.4, 0.5) is 11.4 Å². The van der Waals surface area contributed by atoms with E-state index in [1.807, 2.05) is 13.8 Å². The molecule has 21 heavy (non-hydrogen) atoms. The molecule has 8 heteroatoms. The molecular weight excluding hydrogens is 335 g/mol. The summed E-state index contributed by atoms with van der Waals surface area (Å²) in [6.07, 6.45) is 0.513. The van der Waals surface area contributed by atoms with Crippen molar-refractivity contribution in [2.75, 3.05) is 22.6 Å². The van der Waals surface area contributed by atoms with Gasteiger partial charge in [0.1, 0.15) is 5.75 Å². The smallest absolute Gasteiger partial charge is 0.239 e. The van der Waals surface area contributed by atoms with Crippen LogP contribution in [0.15, 0.2) is 12.1 Å². The molecule has 0 aromatic heterocycles. The van der Waals surface area contributed by atoms with Gasteiger partial charge >= 0.3 is 0 Å². The van der Waals surface area contributed by atoms with Crippen molar-refractivity contribution in [2.45, 2.75) is 20.3 Å². The Morgan fingerprint density at radius 2 is 1.95 bits per heavy atom. The minimum Gasteiger partial charge on any atom is -0.397 e. The quantitative estimate of drug-likeness (QED) is 0.770. The van der Waals surface area contributed by atoms with E-state index in [2.05, 4.69) is 5.32 Å². The number of benzene rings is 1. The van der Waals surface area contributed by atoms with E-state index < -0.39 is 21.5 Å². The molecule has 0 saturated carbocycles. The molecule has 1 aromatic carbocycles. The lowest BCUT2D eigenvalue weighted by atomic mass is 10.2. The van der Waals surface area contributed by atoms with Crippen LogP contribution in [0.2, 0.25) is 10.0 Å². The Bertz CT molecular complexity index is 607. The summed E-state index contributed by atoms with van der Waals surface area (Å²) in [5, 5.41) is 2.91. The number of hydrogen-bond donors (Lipinski definition) is 2. The molecule has 5 nitrogen and oxygen atoms in total. The monoisotopic (exact) mass is 352 g/mol. The zero-order valence-corrected chi connectivity index (χ0v) is 14.1. The first-order valence-electron chi connectivity index (χ1n) is 6.35. The van der Waals surface area contributed by atoms with Crippen LogP contribution in [-0.2, 0) is 14.6 Å². The van der Waals surface area contributed by atoms with Crippen LogP contribution in [-0.4, -0.2) is 25.8 Å². The van der Waals surface area contributed by atoms with Gasteiger partial charge in [-0.15, -0.1) is 0 Å². The first kappa shape index (κ1) is 18.1. The van der Waals surface area contributed by atoms with Gasteiger partial charge in [-0.05, 0) is 24.5 Å². The van der Waals surface area contributed by atoms with Gasteiger partial charge in [0.25, 0.3) is 0 Å². The molecule has 0 heterocycles. The largest absolute Gasteiger partial charge is 0.397 e. The number of rotatable bonds is 6. The fourth-order valence-corrected chi connectivity index (χ4v) is 3.59.